The van der Waals surface area contributed by atoms with Crippen LogP contribution in [0.1, 0.15) is 34.4 Å². The molecule has 110 valence electrons. The first-order valence-electron chi connectivity index (χ1n) is 6.38. The summed E-state index contributed by atoms with van der Waals surface area (Å²) in [6.45, 7) is 0.735. The van der Waals surface area contributed by atoms with E-state index in [1.54, 1.807) is 23.6 Å². The molecule has 1 fully saturated rings. The molecular formula is C14H11Cl2NO3S. The van der Waals surface area contributed by atoms with Crippen LogP contribution in [0.4, 0.5) is 0 Å². The maximum absolute atomic E-state index is 12.1. The van der Waals surface area contributed by atoms with E-state index in [0.29, 0.717) is 0 Å². The Labute approximate surface area is 135 Å². The molecule has 4 nitrogen and oxygen atoms in total. The third-order valence-electron chi connectivity index (χ3n) is 3.05. The number of esters is 1. The van der Waals surface area contributed by atoms with Gasteiger partial charge in [-0.2, -0.15) is 0 Å². The lowest BCUT2D eigenvalue weighted by atomic mass is 10.2. The van der Waals surface area contributed by atoms with Crippen LogP contribution in [0.5, 0.6) is 5.75 Å². The van der Waals surface area contributed by atoms with Crippen molar-refractivity contribution in [1.82, 2.24) is 4.98 Å². The van der Waals surface area contributed by atoms with E-state index < -0.39 is 5.97 Å². The smallest absolute Gasteiger partial charge is 0.363 e. The lowest BCUT2D eigenvalue weighted by molar-refractivity contribution is 0.0728. The topological polar surface area (TPSA) is 48.4 Å². The van der Waals surface area contributed by atoms with Gasteiger partial charge < -0.3 is 9.47 Å². The first kappa shape index (κ1) is 14.8. The Morgan fingerprint density at radius 2 is 2.14 bits per heavy atom. The van der Waals surface area contributed by atoms with Gasteiger partial charge in [0.1, 0.15) is 11.1 Å². The van der Waals surface area contributed by atoms with E-state index in [1.807, 2.05) is 0 Å². The molecule has 0 unspecified atom stereocenters. The third kappa shape index (κ3) is 3.21. The second-order valence-electron chi connectivity index (χ2n) is 4.51. The molecule has 0 spiro atoms. The van der Waals surface area contributed by atoms with Crippen LogP contribution in [0, 0.1) is 0 Å². The molecule has 1 aliphatic rings. The highest BCUT2D eigenvalue weighted by Gasteiger charge is 2.23. The Balaban J connectivity index is 1.76. The highest BCUT2D eigenvalue weighted by molar-refractivity contribution is 7.09. The fourth-order valence-corrected chi connectivity index (χ4v) is 3.37. The van der Waals surface area contributed by atoms with Crippen LogP contribution in [-0.4, -0.2) is 17.6 Å². The van der Waals surface area contributed by atoms with Crippen molar-refractivity contribution in [2.24, 2.45) is 0 Å². The predicted octanol–water partition coefficient (Wildman–Crippen LogP) is 4.52. The van der Waals surface area contributed by atoms with Crippen molar-refractivity contribution in [3.05, 3.63) is 44.3 Å². The van der Waals surface area contributed by atoms with E-state index >= 15 is 0 Å². The molecule has 2 aromatic rings. The summed E-state index contributed by atoms with van der Waals surface area (Å²) in [5, 5.41) is 3.02. The van der Waals surface area contributed by atoms with Gasteiger partial charge in [0, 0.05) is 12.0 Å². The highest BCUT2D eigenvalue weighted by atomic mass is 35.5. The summed E-state index contributed by atoms with van der Waals surface area (Å²) in [4.78, 5) is 16.4. The maximum Gasteiger partial charge on any atom is 0.363 e. The Hall–Kier alpha value is -1.14. The first-order chi connectivity index (χ1) is 10.1. The van der Waals surface area contributed by atoms with E-state index in [0.717, 1.165) is 24.5 Å². The average Bonchev–Trinajstić information content (AvgIpc) is 3.12. The Bertz CT molecular complexity index is 648. The van der Waals surface area contributed by atoms with Crippen LogP contribution in [0.3, 0.4) is 0 Å². The molecule has 21 heavy (non-hydrogen) atoms. The minimum atomic E-state index is -0.578. The number of aromatic nitrogens is 1. The average molecular weight is 344 g/mol. The number of carbonyl (C=O) groups excluding carboxylic acids is 1. The third-order valence-corrected chi connectivity index (χ3v) is 4.58. The number of hydrogen-bond acceptors (Lipinski definition) is 5. The zero-order chi connectivity index (χ0) is 14.8. The SMILES string of the molecule is O=C(Oc1c(Cl)cccc1Cl)c1csc([C@@H]2CCCO2)n1. The van der Waals surface area contributed by atoms with Crippen molar-refractivity contribution in [1.29, 1.82) is 0 Å². The van der Waals surface area contributed by atoms with Gasteiger partial charge in [0.05, 0.1) is 10.0 Å². The van der Waals surface area contributed by atoms with Crippen LogP contribution in [0.2, 0.25) is 10.0 Å². The molecule has 1 saturated heterocycles. The quantitative estimate of drug-likeness (QED) is 0.607. The number of halogens is 2. The molecular weight excluding hydrogens is 333 g/mol. The van der Waals surface area contributed by atoms with Gasteiger partial charge in [-0.3, -0.25) is 0 Å². The normalized spacial score (nSPS) is 17.9. The van der Waals surface area contributed by atoms with Gasteiger partial charge in [-0.05, 0) is 25.0 Å². The van der Waals surface area contributed by atoms with E-state index in [4.69, 9.17) is 32.7 Å². The van der Waals surface area contributed by atoms with Crippen molar-refractivity contribution in [2.45, 2.75) is 18.9 Å². The zero-order valence-electron chi connectivity index (χ0n) is 10.8. The van der Waals surface area contributed by atoms with Gasteiger partial charge in [0.2, 0.25) is 0 Å². The standard InChI is InChI=1S/C14H11Cl2NO3S/c15-8-3-1-4-9(16)12(8)20-14(18)10-7-21-13(17-10)11-5-2-6-19-11/h1,3-4,7,11H,2,5-6H2/t11-/m0/s1. The molecule has 1 aromatic carbocycles. The van der Waals surface area contributed by atoms with Crippen LogP contribution in [0.15, 0.2) is 23.6 Å². The summed E-state index contributed by atoms with van der Waals surface area (Å²) in [6, 6.07) is 4.89. The van der Waals surface area contributed by atoms with E-state index in [9.17, 15) is 4.79 Å². The summed E-state index contributed by atoms with van der Waals surface area (Å²) in [5.41, 5.74) is 0.237. The van der Waals surface area contributed by atoms with Gasteiger partial charge in [0.15, 0.2) is 11.4 Å². The number of benzene rings is 1. The predicted molar refractivity (Wildman–Crippen MR) is 81.5 cm³/mol. The molecule has 0 bridgehead atoms. The molecule has 0 amide bonds. The van der Waals surface area contributed by atoms with Crippen LogP contribution >= 0.6 is 34.5 Å². The number of thiazole rings is 1. The van der Waals surface area contributed by atoms with Crippen LogP contribution in [0.25, 0.3) is 0 Å². The molecule has 1 atom stereocenters. The summed E-state index contributed by atoms with van der Waals surface area (Å²) >= 11 is 13.3. The molecule has 3 rings (SSSR count). The summed E-state index contributed by atoms with van der Waals surface area (Å²) < 4.78 is 10.8. The van der Waals surface area contributed by atoms with Crippen molar-refractivity contribution >= 4 is 40.5 Å². The number of rotatable bonds is 3. The highest BCUT2D eigenvalue weighted by Crippen LogP contribution is 2.34. The molecule has 1 aliphatic heterocycles. The minimum Gasteiger partial charge on any atom is -0.419 e. The lowest BCUT2D eigenvalue weighted by Gasteiger charge is -2.06. The Kier molecular flexibility index (Phi) is 4.45. The molecule has 1 aromatic heterocycles. The van der Waals surface area contributed by atoms with Gasteiger partial charge >= 0.3 is 5.97 Å². The number of para-hydroxylation sites is 1. The maximum atomic E-state index is 12.1. The molecule has 0 saturated carbocycles. The van der Waals surface area contributed by atoms with Crippen molar-refractivity contribution in [3.8, 4) is 5.75 Å². The van der Waals surface area contributed by atoms with Gasteiger partial charge in [-0.15, -0.1) is 11.3 Å². The fourth-order valence-electron chi connectivity index (χ4n) is 2.03. The van der Waals surface area contributed by atoms with Gasteiger partial charge in [0.25, 0.3) is 0 Å². The molecule has 7 heteroatoms. The van der Waals surface area contributed by atoms with Crippen molar-refractivity contribution < 1.29 is 14.3 Å². The first-order valence-corrected chi connectivity index (χ1v) is 8.02. The van der Waals surface area contributed by atoms with Gasteiger partial charge in [-0.25, -0.2) is 9.78 Å². The van der Waals surface area contributed by atoms with Crippen molar-refractivity contribution in [3.63, 3.8) is 0 Å². The van der Waals surface area contributed by atoms with Crippen molar-refractivity contribution in [2.75, 3.05) is 6.61 Å². The van der Waals surface area contributed by atoms with Crippen LogP contribution in [-0.2, 0) is 4.74 Å². The monoisotopic (exact) mass is 343 g/mol. The molecule has 0 N–H and O–H groups in total. The lowest BCUT2D eigenvalue weighted by Crippen LogP contribution is -2.10. The molecule has 2 heterocycles. The molecule has 0 radical (unpaired) electrons. The van der Waals surface area contributed by atoms with E-state index in [-0.39, 0.29) is 27.6 Å². The zero-order valence-corrected chi connectivity index (χ0v) is 13.2. The fraction of sp³-hybridized carbons (Fsp3) is 0.286. The summed E-state index contributed by atoms with van der Waals surface area (Å²) in [6.07, 6.45) is 1.93. The Morgan fingerprint density at radius 3 is 2.81 bits per heavy atom. The van der Waals surface area contributed by atoms with Gasteiger partial charge in [-0.1, -0.05) is 29.3 Å². The van der Waals surface area contributed by atoms with E-state index in [2.05, 4.69) is 4.98 Å². The minimum absolute atomic E-state index is 0.0135. The number of hydrogen-bond donors (Lipinski definition) is 0. The number of nitrogens with zero attached hydrogens (tertiary/aromatic N) is 1. The second kappa shape index (κ2) is 6.32. The Morgan fingerprint density at radius 1 is 1.38 bits per heavy atom. The number of carbonyl (C=O) groups is 1. The summed E-state index contributed by atoms with van der Waals surface area (Å²) in [5.74, 6) is -0.428. The summed E-state index contributed by atoms with van der Waals surface area (Å²) in [7, 11) is 0. The second-order valence-corrected chi connectivity index (χ2v) is 6.22. The largest absolute Gasteiger partial charge is 0.419 e. The number of ether oxygens (including phenoxy) is 2. The van der Waals surface area contributed by atoms with E-state index in [1.165, 1.54) is 11.3 Å². The van der Waals surface area contributed by atoms with Crippen LogP contribution < -0.4 is 4.74 Å². The molecule has 0 aliphatic carbocycles.